The molecular formula is C16H11ClN2O4. The zero-order valence-electron chi connectivity index (χ0n) is 12.2. The normalized spacial score (nSPS) is 11.6. The van der Waals surface area contributed by atoms with Crippen LogP contribution in [0.5, 0.6) is 0 Å². The van der Waals surface area contributed by atoms with Crippen LogP contribution < -0.4 is 0 Å². The van der Waals surface area contributed by atoms with Gasteiger partial charge in [0.05, 0.1) is 16.3 Å². The van der Waals surface area contributed by atoms with Gasteiger partial charge in [0.2, 0.25) is 0 Å². The maximum atomic E-state index is 11.1. The minimum Gasteiger partial charge on any atom is -0.477 e. The zero-order valence-corrected chi connectivity index (χ0v) is 13.0. The number of rotatable bonds is 2. The number of carboxylic acids is 1. The van der Waals surface area contributed by atoms with E-state index >= 15 is 0 Å². The van der Waals surface area contributed by atoms with Gasteiger partial charge in [-0.3, -0.25) is 5.10 Å². The Bertz CT molecular complexity index is 1030. The summed E-state index contributed by atoms with van der Waals surface area (Å²) < 4.78 is 11.5. The number of halogens is 1. The van der Waals surface area contributed by atoms with Crippen LogP contribution >= 0.6 is 11.6 Å². The number of furan rings is 2. The van der Waals surface area contributed by atoms with Crippen LogP contribution in [-0.2, 0) is 0 Å². The summed E-state index contributed by atoms with van der Waals surface area (Å²) in [4.78, 5) is 11.1. The van der Waals surface area contributed by atoms with Crippen molar-refractivity contribution in [3.8, 4) is 11.3 Å². The molecule has 116 valence electrons. The topological polar surface area (TPSA) is 92.3 Å². The van der Waals surface area contributed by atoms with E-state index in [4.69, 9.17) is 25.5 Å². The average molecular weight is 331 g/mol. The van der Waals surface area contributed by atoms with E-state index in [1.54, 1.807) is 0 Å². The first-order chi connectivity index (χ1) is 11.0. The molecule has 0 aliphatic heterocycles. The molecule has 0 saturated heterocycles. The van der Waals surface area contributed by atoms with Crippen molar-refractivity contribution in [3.05, 3.63) is 40.4 Å². The molecule has 3 aromatic heterocycles. The van der Waals surface area contributed by atoms with Crippen LogP contribution in [0.15, 0.2) is 27.0 Å². The molecule has 0 saturated carbocycles. The Balaban J connectivity index is 2.16. The molecule has 0 unspecified atom stereocenters. The van der Waals surface area contributed by atoms with Gasteiger partial charge in [0.15, 0.2) is 5.58 Å². The molecule has 0 atom stereocenters. The fourth-order valence-electron chi connectivity index (χ4n) is 2.78. The SMILES string of the molecule is Cc1cc2c(-c3cc(C(=O)O)[nH]n3)c3oc(C)cc3c(Cl)c2o1. The number of hydrogen-bond donors (Lipinski definition) is 2. The van der Waals surface area contributed by atoms with E-state index in [-0.39, 0.29) is 5.69 Å². The first kappa shape index (κ1) is 13.9. The average Bonchev–Trinajstić information content (AvgIpc) is 3.17. The number of carboxylic acid groups (broad SMARTS) is 1. The van der Waals surface area contributed by atoms with Crippen molar-refractivity contribution in [3.63, 3.8) is 0 Å². The fraction of sp³-hybridized carbons (Fsp3) is 0.125. The van der Waals surface area contributed by atoms with Crippen LogP contribution in [0, 0.1) is 13.8 Å². The third kappa shape index (κ3) is 1.95. The Hall–Kier alpha value is -2.73. The highest BCUT2D eigenvalue weighted by Crippen LogP contribution is 2.43. The van der Waals surface area contributed by atoms with Crippen LogP contribution in [0.4, 0.5) is 0 Å². The van der Waals surface area contributed by atoms with Crippen molar-refractivity contribution in [2.24, 2.45) is 0 Å². The van der Waals surface area contributed by atoms with Gasteiger partial charge in [-0.2, -0.15) is 5.10 Å². The molecule has 1 aromatic carbocycles. The predicted octanol–water partition coefficient (Wildman–Crippen LogP) is 4.54. The number of nitrogens with one attached hydrogen (secondary N) is 1. The monoisotopic (exact) mass is 330 g/mol. The van der Waals surface area contributed by atoms with Gasteiger partial charge in [-0.1, -0.05) is 11.6 Å². The first-order valence-corrected chi connectivity index (χ1v) is 7.24. The summed E-state index contributed by atoms with van der Waals surface area (Å²) in [6, 6.07) is 5.12. The van der Waals surface area contributed by atoms with Crippen LogP contribution in [0.1, 0.15) is 22.0 Å². The van der Waals surface area contributed by atoms with Crippen molar-refractivity contribution in [1.29, 1.82) is 0 Å². The molecule has 0 aliphatic carbocycles. The van der Waals surface area contributed by atoms with Crippen molar-refractivity contribution in [2.45, 2.75) is 13.8 Å². The van der Waals surface area contributed by atoms with Gasteiger partial charge in [0, 0.05) is 10.8 Å². The minimum atomic E-state index is -1.08. The van der Waals surface area contributed by atoms with Gasteiger partial charge in [-0.15, -0.1) is 0 Å². The summed E-state index contributed by atoms with van der Waals surface area (Å²) in [7, 11) is 0. The number of carbonyl (C=O) groups is 1. The second-order valence-electron chi connectivity index (χ2n) is 5.36. The Morgan fingerprint density at radius 2 is 1.78 bits per heavy atom. The molecule has 4 rings (SSSR count). The van der Waals surface area contributed by atoms with Gasteiger partial charge in [-0.25, -0.2) is 4.79 Å². The molecular weight excluding hydrogens is 320 g/mol. The second-order valence-corrected chi connectivity index (χ2v) is 5.74. The largest absolute Gasteiger partial charge is 0.477 e. The number of aromatic carboxylic acids is 1. The third-order valence-corrected chi connectivity index (χ3v) is 4.08. The van der Waals surface area contributed by atoms with Gasteiger partial charge in [0.1, 0.15) is 22.8 Å². The molecule has 0 aliphatic rings. The fourth-order valence-corrected chi connectivity index (χ4v) is 3.06. The van der Waals surface area contributed by atoms with Crippen LogP contribution in [0.3, 0.4) is 0 Å². The Kier molecular flexibility index (Phi) is 2.80. The predicted molar refractivity (Wildman–Crippen MR) is 85.0 cm³/mol. The summed E-state index contributed by atoms with van der Waals surface area (Å²) in [6.07, 6.45) is 0. The maximum Gasteiger partial charge on any atom is 0.353 e. The van der Waals surface area contributed by atoms with E-state index in [1.807, 2.05) is 26.0 Å². The van der Waals surface area contributed by atoms with Crippen LogP contribution in [-0.4, -0.2) is 21.3 Å². The van der Waals surface area contributed by atoms with Gasteiger partial charge in [-0.05, 0) is 32.0 Å². The number of fused-ring (bicyclic) bond motifs is 2. The number of H-pyrrole nitrogens is 1. The summed E-state index contributed by atoms with van der Waals surface area (Å²) >= 11 is 6.44. The van der Waals surface area contributed by atoms with Crippen LogP contribution in [0.2, 0.25) is 5.02 Å². The Morgan fingerprint density at radius 3 is 2.43 bits per heavy atom. The lowest BCUT2D eigenvalue weighted by Crippen LogP contribution is -1.95. The smallest absolute Gasteiger partial charge is 0.353 e. The summed E-state index contributed by atoms with van der Waals surface area (Å²) in [6.45, 7) is 3.64. The molecule has 0 radical (unpaired) electrons. The molecule has 0 spiro atoms. The van der Waals surface area contributed by atoms with Crippen molar-refractivity contribution in [1.82, 2.24) is 10.2 Å². The summed E-state index contributed by atoms with van der Waals surface area (Å²) in [5, 5.41) is 17.6. The minimum absolute atomic E-state index is 0.000236. The van der Waals surface area contributed by atoms with E-state index in [1.165, 1.54) is 6.07 Å². The van der Waals surface area contributed by atoms with E-state index < -0.39 is 5.97 Å². The Labute approximate surface area is 134 Å². The summed E-state index contributed by atoms with van der Waals surface area (Å²) in [5.41, 5.74) is 2.22. The van der Waals surface area contributed by atoms with Crippen molar-refractivity contribution in [2.75, 3.05) is 0 Å². The lowest BCUT2D eigenvalue weighted by Gasteiger charge is -2.03. The number of hydrogen-bond acceptors (Lipinski definition) is 4. The van der Waals surface area contributed by atoms with Crippen LogP contribution in [0.25, 0.3) is 33.2 Å². The Morgan fingerprint density at radius 1 is 1.13 bits per heavy atom. The van der Waals surface area contributed by atoms with Gasteiger partial charge >= 0.3 is 5.97 Å². The van der Waals surface area contributed by atoms with Crippen molar-refractivity contribution >= 4 is 39.5 Å². The first-order valence-electron chi connectivity index (χ1n) is 6.86. The van der Waals surface area contributed by atoms with E-state index in [2.05, 4.69) is 10.2 Å². The number of aryl methyl sites for hydroxylation is 2. The highest BCUT2D eigenvalue weighted by atomic mass is 35.5. The van der Waals surface area contributed by atoms with Gasteiger partial charge < -0.3 is 13.9 Å². The number of benzene rings is 1. The van der Waals surface area contributed by atoms with E-state index in [0.29, 0.717) is 44.4 Å². The molecule has 0 bridgehead atoms. The molecule has 4 aromatic rings. The number of aromatic nitrogens is 2. The molecule has 7 heteroatoms. The van der Waals surface area contributed by atoms with E-state index in [9.17, 15) is 4.79 Å². The van der Waals surface area contributed by atoms with Crippen molar-refractivity contribution < 1.29 is 18.7 Å². The highest BCUT2D eigenvalue weighted by molar-refractivity contribution is 6.41. The molecule has 0 fully saturated rings. The zero-order chi connectivity index (χ0) is 16.3. The molecule has 2 N–H and O–H groups in total. The maximum absolute atomic E-state index is 11.1. The quantitative estimate of drug-likeness (QED) is 0.563. The second kappa shape index (κ2) is 4.63. The molecule has 0 amide bonds. The standard InChI is InChI=1S/C16H11ClN2O4/c1-6-3-8-12(10-5-11(16(20)21)19-18-10)14-9(4-7(2)22-14)13(17)15(8)23-6/h3-5H,1-2H3,(H,18,19)(H,20,21). The molecule has 23 heavy (non-hydrogen) atoms. The number of nitrogens with zero attached hydrogens (tertiary/aromatic N) is 1. The molecule has 3 heterocycles. The third-order valence-electron chi connectivity index (χ3n) is 3.71. The van der Waals surface area contributed by atoms with E-state index in [0.717, 1.165) is 5.39 Å². The lowest BCUT2D eigenvalue weighted by molar-refractivity contribution is 0.0690. The lowest BCUT2D eigenvalue weighted by atomic mass is 10.0. The summed E-state index contributed by atoms with van der Waals surface area (Å²) in [5.74, 6) is 0.312. The highest BCUT2D eigenvalue weighted by Gasteiger charge is 2.23. The molecule has 6 nitrogen and oxygen atoms in total. The van der Waals surface area contributed by atoms with Gasteiger partial charge in [0.25, 0.3) is 0 Å². The number of aromatic amines is 1.